The zero-order valence-corrected chi connectivity index (χ0v) is 10.8. The Hall–Kier alpha value is -1.91. The van der Waals surface area contributed by atoms with Crippen molar-refractivity contribution < 1.29 is 0 Å². The summed E-state index contributed by atoms with van der Waals surface area (Å²) in [6.07, 6.45) is 2.37. The smallest absolute Gasteiger partial charge is 0.130 e. The number of nitrogens with zero attached hydrogens (tertiary/aromatic N) is 4. The molecule has 3 rings (SSSR count). The molecule has 0 spiro atoms. The standard InChI is InChI=1S/C13H17N5/c1-9-6-13(16-10(2)15-9)14-8-11-7-12-4-3-5-18(12)17-11/h6-7H,3-5,8H2,1-2H3,(H,14,15,16). The van der Waals surface area contributed by atoms with Crippen molar-refractivity contribution in [2.24, 2.45) is 0 Å². The average molecular weight is 243 g/mol. The highest BCUT2D eigenvalue weighted by molar-refractivity contribution is 5.36. The topological polar surface area (TPSA) is 55.6 Å². The molecule has 1 aliphatic rings. The van der Waals surface area contributed by atoms with E-state index in [4.69, 9.17) is 0 Å². The van der Waals surface area contributed by atoms with E-state index >= 15 is 0 Å². The van der Waals surface area contributed by atoms with Gasteiger partial charge in [-0.05, 0) is 32.8 Å². The number of hydrogen-bond donors (Lipinski definition) is 1. The summed E-state index contributed by atoms with van der Waals surface area (Å²) in [6, 6.07) is 4.14. The Bertz CT molecular complexity index is 531. The molecule has 1 aliphatic heterocycles. The van der Waals surface area contributed by atoms with Crippen molar-refractivity contribution in [1.82, 2.24) is 19.7 Å². The van der Waals surface area contributed by atoms with Crippen LogP contribution < -0.4 is 5.32 Å². The molecule has 3 heterocycles. The third-order valence-electron chi connectivity index (χ3n) is 3.13. The summed E-state index contributed by atoms with van der Waals surface area (Å²) in [5.74, 6) is 1.66. The van der Waals surface area contributed by atoms with Gasteiger partial charge in [0.25, 0.3) is 0 Å². The summed E-state index contributed by atoms with van der Waals surface area (Å²) in [5.41, 5.74) is 3.41. The minimum absolute atomic E-state index is 0.718. The molecule has 0 amide bonds. The molecular formula is C13H17N5. The van der Waals surface area contributed by atoms with Gasteiger partial charge in [-0.2, -0.15) is 5.10 Å². The molecule has 0 aliphatic carbocycles. The van der Waals surface area contributed by atoms with Gasteiger partial charge in [-0.3, -0.25) is 4.68 Å². The molecule has 2 aromatic heterocycles. The van der Waals surface area contributed by atoms with E-state index in [0.29, 0.717) is 0 Å². The third-order valence-corrected chi connectivity index (χ3v) is 3.13. The van der Waals surface area contributed by atoms with E-state index in [0.717, 1.165) is 42.5 Å². The second kappa shape index (κ2) is 4.40. The number of aryl methyl sites for hydroxylation is 4. The lowest BCUT2D eigenvalue weighted by Gasteiger charge is -2.05. The first-order chi connectivity index (χ1) is 8.70. The van der Waals surface area contributed by atoms with Crippen molar-refractivity contribution in [2.45, 2.75) is 39.8 Å². The van der Waals surface area contributed by atoms with Crippen LogP contribution in [-0.4, -0.2) is 19.7 Å². The Kier molecular flexibility index (Phi) is 2.74. The molecule has 94 valence electrons. The summed E-state index contributed by atoms with van der Waals surface area (Å²) >= 11 is 0. The molecule has 2 aromatic rings. The van der Waals surface area contributed by atoms with E-state index < -0.39 is 0 Å². The monoisotopic (exact) mass is 243 g/mol. The minimum Gasteiger partial charge on any atom is -0.364 e. The van der Waals surface area contributed by atoms with E-state index in [1.54, 1.807) is 0 Å². The molecule has 0 fully saturated rings. The SMILES string of the molecule is Cc1cc(NCc2cc3n(n2)CCC3)nc(C)n1. The Morgan fingerprint density at radius 3 is 2.94 bits per heavy atom. The van der Waals surface area contributed by atoms with Gasteiger partial charge in [-0.15, -0.1) is 0 Å². The normalized spacial score (nSPS) is 13.7. The first kappa shape index (κ1) is 11.2. The Morgan fingerprint density at radius 2 is 2.17 bits per heavy atom. The van der Waals surface area contributed by atoms with Gasteiger partial charge in [0.2, 0.25) is 0 Å². The molecule has 5 nitrogen and oxygen atoms in total. The summed E-state index contributed by atoms with van der Waals surface area (Å²) < 4.78 is 2.10. The van der Waals surface area contributed by atoms with Crippen molar-refractivity contribution in [1.29, 1.82) is 0 Å². The van der Waals surface area contributed by atoms with E-state index in [1.807, 2.05) is 19.9 Å². The largest absolute Gasteiger partial charge is 0.364 e. The molecule has 5 heteroatoms. The molecule has 0 atom stereocenters. The summed E-state index contributed by atoms with van der Waals surface area (Å²) in [5, 5.41) is 7.87. The summed E-state index contributed by atoms with van der Waals surface area (Å²) in [7, 11) is 0. The second-order valence-electron chi connectivity index (χ2n) is 4.75. The molecule has 0 saturated heterocycles. The molecule has 1 N–H and O–H groups in total. The van der Waals surface area contributed by atoms with Crippen molar-refractivity contribution in [2.75, 3.05) is 5.32 Å². The van der Waals surface area contributed by atoms with Crippen molar-refractivity contribution in [3.63, 3.8) is 0 Å². The quantitative estimate of drug-likeness (QED) is 0.893. The Labute approximate surface area is 106 Å². The van der Waals surface area contributed by atoms with Crippen LogP contribution in [-0.2, 0) is 19.5 Å². The van der Waals surface area contributed by atoms with Gasteiger partial charge in [0.1, 0.15) is 11.6 Å². The van der Waals surface area contributed by atoms with Gasteiger partial charge in [-0.1, -0.05) is 0 Å². The Balaban J connectivity index is 1.70. The van der Waals surface area contributed by atoms with Crippen LogP contribution in [0.15, 0.2) is 12.1 Å². The van der Waals surface area contributed by atoms with Crippen molar-refractivity contribution in [3.8, 4) is 0 Å². The Morgan fingerprint density at radius 1 is 1.28 bits per heavy atom. The van der Waals surface area contributed by atoms with Crippen LogP contribution in [0.25, 0.3) is 0 Å². The van der Waals surface area contributed by atoms with Crippen molar-refractivity contribution in [3.05, 3.63) is 35.0 Å². The maximum atomic E-state index is 4.56. The predicted molar refractivity (Wildman–Crippen MR) is 69.4 cm³/mol. The molecule has 18 heavy (non-hydrogen) atoms. The summed E-state index contributed by atoms with van der Waals surface area (Å²) in [6.45, 7) is 5.66. The highest BCUT2D eigenvalue weighted by atomic mass is 15.3. The van der Waals surface area contributed by atoms with Gasteiger partial charge < -0.3 is 5.32 Å². The van der Waals surface area contributed by atoms with Gasteiger partial charge in [0.05, 0.1) is 12.2 Å². The first-order valence-corrected chi connectivity index (χ1v) is 6.32. The molecule has 0 unspecified atom stereocenters. The highest BCUT2D eigenvalue weighted by Gasteiger charge is 2.13. The first-order valence-electron chi connectivity index (χ1n) is 6.32. The van der Waals surface area contributed by atoms with Gasteiger partial charge in [0, 0.05) is 24.0 Å². The predicted octanol–water partition coefficient (Wildman–Crippen LogP) is 1.85. The number of fused-ring (bicyclic) bond motifs is 1. The average Bonchev–Trinajstić information content (AvgIpc) is 2.84. The summed E-state index contributed by atoms with van der Waals surface area (Å²) in [4.78, 5) is 8.61. The molecule has 0 saturated carbocycles. The lowest BCUT2D eigenvalue weighted by Crippen LogP contribution is -2.05. The number of nitrogens with one attached hydrogen (secondary N) is 1. The maximum absolute atomic E-state index is 4.56. The van der Waals surface area contributed by atoms with Crippen molar-refractivity contribution >= 4 is 5.82 Å². The fourth-order valence-electron chi connectivity index (χ4n) is 2.39. The number of aromatic nitrogens is 4. The van der Waals surface area contributed by atoms with E-state index in [9.17, 15) is 0 Å². The molecule has 0 radical (unpaired) electrons. The van der Waals surface area contributed by atoms with E-state index in [-0.39, 0.29) is 0 Å². The molecule has 0 aromatic carbocycles. The number of hydrogen-bond acceptors (Lipinski definition) is 4. The zero-order valence-electron chi connectivity index (χ0n) is 10.8. The highest BCUT2D eigenvalue weighted by Crippen LogP contribution is 2.16. The van der Waals surface area contributed by atoms with E-state index in [1.165, 1.54) is 12.1 Å². The van der Waals surface area contributed by atoms with E-state index in [2.05, 4.69) is 31.1 Å². The lowest BCUT2D eigenvalue weighted by atomic mass is 10.2. The minimum atomic E-state index is 0.718. The van der Waals surface area contributed by atoms with Crippen LogP contribution in [0.4, 0.5) is 5.82 Å². The van der Waals surface area contributed by atoms with Crippen LogP contribution >= 0.6 is 0 Å². The van der Waals surface area contributed by atoms with Gasteiger partial charge in [-0.25, -0.2) is 9.97 Å². The zero-order chi connectivity index (χ0) is 12.5. The van der Waals surface area contributed by atoms with Crippen LogP contribution in [0.5, 0.6) is 0 Å². The maximum Gasteiger partial charge on any atom is 0.130 e. The number of anilines is 1. The van der Waals surface area contributed by atoms with Crippen LogP contribution in [0, 0.1) is 13.8 Å². The van der Waals surface area contributed by atoms with Crippen LogP contribution in [0.3, 0.4) is 0 Å². The fraction of sp³-hybridized carbons (Fsp3) is 0.462. The molecule has 0 bridgehead atoms. The fourth-order valence-corrected chi connectivity index (χ4v) is 2.39. The number of rotatable bonds is 3. The van der Waals surface area contributed by atoms with Crippen LogP contribution in [0.2, 0.25) is 0 Å². The van der Waals surface area contributed by atoms with Gasteiger partial charge in [0.15, 0.2) is 0 Å². The lowest BCUT2D eigenvalue weighted by molar-refractivity contribution is 0.645. The third kappa shape index (κ3) is 2.20. The second-order valence-corrected chi connectivity index (χ2v) is 4.75. The van der Waals surface area contributed by atoms with Crippen LogP contribution in [0.1, 0.15) is 29.3 Å². The molecular weight excluding hydrogens is 226 g/mol. The van der Waals surface area contributed by atoms with Gasteiger partial charge >= 0.3 is 0 Å².